The fraction of sp³-hybridized carbons (Fsp3) is 0.348. The molecule has 3 aromatic rings. The van der Waals surface area contributed by atoms with Gasteiger partial charge in [-0.05, 0) is 51.6 Å². The predicted molar refractivity (Wildman–Crippen MR) is 114 cm³/mol. The summed E-state index contributed by atoms with van der Waals surface area (Å²) in [6.07, 6.45) is 1.03. The molecule has 1 aromatic carbocycles. The van der Waals surface area contributed by atoms with Crippen molar-refractivity contribution >= 4 is 16.6 Å². The van der Waals surface area contributed by atoms with Crippen LogP contribution in [0.25, 0.3) is 22.0 Å². The van der Waals surface area contributed by atoms with Gasteiger partial charge >= 0.3 is 6.18 Å². The summed E-state index contributed by atoms with van der Waals surface area (Å²) in [7, 11) is 2.09. The summed E-state index contributed by atoms with van der Waals surface area (Å²) in [5, 5.41) is 13.8. The highest BCUT2D eigenvalue weighted by molar-refractivity contribution is 6.00. The Balaban J connectivity index is 1.80. The van der Waals surface area contributed by atoms with E-state index in [0.29, 0.717) is 17.1 Å². The Morgan fingerprint density at radius 3 is 2.74 bits per heavy atom. The number of halogens is 3. The molecule has 0 bridgehead atoms. The molecule has 0 unspecified atom stereocenters. The third-order valence-electron chi connectivity index (χ3n) is 5.41. The molecule has 4 rings (SSSR count). The van der Waals surface area contributed by atoms with E-state index in [0.717, 1.165) is 48.8 Å². The maximum absolute atomic E-state index is 13.2. The van der Waals surface area contributed by atoms with E-state index in [1.807, 2.05) is 0 Å². The Labute approximate surface area is 178 Å². The lowest BCUT2D eigenvalue weighted by molar-refractivity contribution is -0.137. The maximum Gasteiger partial charge on any atom is 0.416 e. The second-order valence-corrected chi connectivity index (χ2v) is 7.70. The van der Waals surface area contributed by atoms with Gasteiger partial charge in [0.2, 0.25) is 0 Å². The van der Waals surface area contributed by atoms with Crippen LogP contribution in [-0.4, -0.2) is 46.3 Å². The van der Waals surface area contributed by atoms with Crippen molar-refractivity contribution in [1.82, 2.24) is 20.1 Å². The first-order chi connectivity index (χ1) is 14.9. The van der Waals surface area contributed by atoms with Gasteiger partial charge < -0.3 is 10.2 Å². The number of pyridine rings is 1. The second kappa shape index (κ2) is 8.52. The van der Waals surface area contributed by atoms with Crippen molar-refractivity contribution in [3.8, 4) is 23.1 Å². The fourth-order valence-corrected chi connectivity index (χ4v) is 3.95. The Hall–Kier alpha value is -3.18. The van der Waals surface area contributed by atoms with E-state index in [4.69, 9.17) is 0 Å². The number of rotatable bonds is 3. The summed E-state index contributed by atoms with van der Waals surface area (Å²) in [4.78, 5) is 6.49. The number of benzene rings is 1. The first kappa shape index (κ1) is 21.1. The van der Waals surface area contributed by atoms with Crippen LogP contribution in [0.3, 0.4) is 0 Å². The number of alkyl halides is 3. The molecule has 0 spiro atoms. The average molecular weight is 425 g/mol. The molecular formula is C23H22F3N5. The van der Waals surface area contributed by atoms with Crippen LogP contribution in [0.4, 0.5) is 19.0 Å². The molecule has 0 saturated carbocycles. The van der Waals surface area contributed by atoms with Crippen molar-refractivity contribution in [2.45, 2.75) is 32.0 Å². The van der Waals surface area contributed by atoms with Gasteiger partial charge in [0, 0.05) is 46.9 Å². The van der Waals surface area contributed by atoms with Gasteiger partial charge in [-0.2, -0.15) is 13.2 Å². The monoisotopic (exact) mass is 425 g/mol. The Kier molecular flexibility index (Phi) is 5.79. The highest BCUT2D eigenvalue weighted by Crippen LogP contribution is 2.35. The average Bonchev–Trinajstić information content (AvgIpc) is 2.74. The zero-order valence-corrected chi connectivity index (χ0v) is 17.3. The van der Waals surface area contributed by atoms with E-state index in [1.165, 1.54) is 6.07 Å². The predicted octanol–water partition coefficient (Wildman–Crippen LogP) is 4.59. The zero-order valence-electron chi connectivity index (χ0n) is 17.3. The number of fused-ring (bicyclic) bond motifs is 1. The van der Waals surface area contributed by atoms with Crippen molar-refractivity contribution in [1.29, 1.82) is 0 Å². The Bertz CT molecular complexity index is 1160. The zero-order chi connectivity index (χ0) is 22.0. The molecule has 1 fully saturated rings. The normalized spacial score (nSPS) is 17.3. The van der Waals surface area contributed by atoms with E-state index in [-0.39, 0.29) is 11.6 Å². The highest BCUT2D eigenvalue weighted by Gasteiger charge is 2.31. The van der Waals surface area contributed by atoms with Crippen molar-refractivity contribution in [2.75, 3.05) is 25.5 Å². The summed E-state index contributed by atoms with van der Waals surface area (Å²) in [6.45, 7) is 3.56. The van der Waals surface area contributed by atoms with Gasteiger partial charge in [0.25, 0.3) is 0 Å². The van der Waals surface area contributed by atoms with Crippen molar-refractivity contribution in [3.05, 3.63) is 47.8 Å². The van der Waals surface area contributed by atoms with Gasteiger partial charge in [-0.3, -0.25) is 4.98 Å². The summed E-state index contributed by atoms with van der Waals surface area (Å²) in [5.74, 6) is 6.11. The largest absolute Gasteiger partial charge is 0.416 e. The van der Waals surface area contributed by atoms with Gasteiger partial charge in [0.15, 0.2) is 5.82 Å². The van der Waals surface area contributed by atoms with Crippen LogP contribution in [0.5, 0.6) is 0 Å². The quantitative estimate of drug-likeness (QED) is 0.622. The number of anilines is 1. The first-order valence-corrected chi connectivity index (χ1v) is 10.1. The molecule has 1 aliphatic heterocycles. The fourth-order valence-electron chi connectivity index (χ4n) is 3.95. The lowest BCUT2D eigenvalue weighted by atomic mass is 9.98. The standard InChI is InChI=1S/C23H22F3N5/c1-3-5-15-12-16(23(24,25)26)7-8-18(15)21-19-9-10-27-13-20(19)22(30-29-21)28-17-6-4-11-31(2)14-17/h7-10,12-13,17H,4,6,11,14H2,1-2H3,(H,28,30)/t17-/m1/s1. The van der Waals surface area contributed by atoms with Crippen molar-refractivity contribution < 1.29 is 13.2 Å². The van der Waals surface area contributed by atoms with Gasteiger partial charge in [-0.25, -0.2) is 0 Å². The molecule has 1 atom stereocenters. The van der Waals surface area contributed by atoms with Gasteiger partial charge in [0.1, 0.15) is 5.69 Å². The lowest BCUT2D eigenvalue weighted by Crippen LogP contribution is -2.40. The molecule has 1 aliphatic rings. The topological polar surface area (TPSA) is 53.9 Å². The van der Waals surface area contributed by atoms with Crippen molar-refractivity contribution in [2.24, 2.45) is 0 Å². The van der Waals surface area contributed by atoms with Gasteiger partial charge in [0.05, 0.1) is 5.56 Å². The number of hydrogen-bond acceptors (Lipinski definition) is 5. The minimum atomic E-state index is -4.44. The Morgan fingerprint density at radius 2 is 2.00 bits per heavy atom. The molecular weight excluding hydrogens is 403 g/mol. The van der Waals surface area contributed by atoms with Gasteiger partial charge in [-0.1, -0.05) is 12.0 Å². The molecule has 1 N–H and O–H groups in total. The molecule has 31 heavy (non-hydrogen) atoms. The minimum Gasteiger partial charge on any atom is -0.364 e. The smallest absolute Gasteiger partial charge is 0.364 e. The third-order valence-corrected chi connectivity index (χ3v) is 5.41. The number of aromatic nitrogens is 3. The second-order valence-electron chi connectivity index (χ2n) is 7.70. The number of likely N-dealkylation sites (tertiary alicyclic amines) is 1. The minimum absolute atomic E-state index is 0.245. The van der Waals surface area contributed by atoms with Crippen LogP contribution in [0.15, 0.2) is 36.7 Å². The van der Waals surface area contributed by atoms with Crippen LogP contribution in [0, 0.1) is 11.8 Å². The molecule has 8 heteroatoms. The van der Waals surface area contributed by atoms with E-state index in [9.17, 15) is 13.2 Å². The maximum atomic E-state index is 13.2. The molecule has 160 valence electrons. The first-order valence-electron chi connectivity index (χ1n) is 10.1. The van der Waals surface area contributed by atoms with Crippen LogP contribution in [0.1, 0.15) is 30.9 Å². The van der Waals surface area contributed by atoms with Crippen LogP contribution in [-0.2, 0) is 6.18 Å². The number of nitrogens with zero attached hydrogens (tertiary/aromatic N) is 4. The SMILES string of the molecule is CC#Cc1cc(C(F)(F)F)ccc1-c1nnc(N[C@@H]2CCCN(C)C2)c2cnccc12. The molecule has 0 amide bonds. The third kappa shape index (κ3) is 4.47. The van der Waals surface area contributed by atoms with E-state index in [1.54, 1.807) is 25.4 Å². The van der Waals surface area contributed by atoms with Crippen LogP contribution in [0.2, 0.25) is 0 Å². The molecule has 1 saturated heterocycles. The number of nitrogens with one attached hydrogen (secondary N) is 1. The summed E-state index contributed by atoms with van der Waals surface area (Å²) >= 11 is 0. The van der Waals surface area contributed by atoms with E-state index < -0.39 is 11.7 Å². The highest BCUT2D eigenvalue weighted by atomic mass is 19.4. The Morgan fingerprint density at radius 1 is 1.16 bits per heavy atom. The molecule has 0 aliphatic carbocycles. The molecule has 2 aromatic heterocycles. The molecule has 3 heterocycles. The summed E-state index contributed by atoms with van der Waals surface area (Å²) < 4.78 is 39.6. The lowest BCUT2D eigenvalue weighted by Gasteiger charge is -2.30. The summed E-state index contributed by atoms with van der Waals surface area (Å²) in [6, 6.07) is 5.57. The van der Waals surface area contributed by atoms with Crippen molar-refractivity contribution in [3.63, 3.8) is 0 Å². The molecule has 0 radical (unpaired) electrons. The van der Waals surface area contributed by atoms with Crippen LogP contribution < -0.4 is 5.32 Å². The van der Waals surface area contributed by atoms with E-state index in [2.05, 4.69) is 44.3 Å². The summed E-state index contributed by atoms with van der Waals surface area (Å²) in [5.41, 5.74) is 0.511. The number of piperidine rings is 1. The van der Waals surface area contributed by atoms with Crippen LogP contribution >= 0.6 is 0 Å². The number of likely N-dealkylation sites (N-methyl/N-ethyl adjacent to an activating group) is 1. The van der Waals surface area contributed by atoms with E-state index >= 15 is 0 Å². The van der Waals surface area contributed by atoms with Gasteiger partial charge in [-0.15, -0.1) is 16.1 Å². The molecule has 5 nitrogen and oxygen atoms in total. The number of hydrogen-bond donors (Lipinski definition) is 1.